The molecule has 0 aliphatic carbocycles. The molecule has 0 saturated carbocycles. The molecule has 0 N–H and O–H groups in total. The maximum atomic E-state index is 14.7. The number of likely N-dealkylation sites (tertiary alicyclic amines) is 1. The predicted molar refractivity (Wildman–Crippen MR) is 142 cm³/mol. The first kappa shape index (κ1) is 24.1. The Labute approximate surface area is 220 Å². The van der Waals surface area contributed by atoms with Gasteiger partial charge in [-0.05, 0) is 61.7 Å². The smallest absolute Gasteiger partial charge is 0.281 e. The molecule has 3 aromatic heterocycles. The molecule has 0 radical (unpaired) electrons. The van der Waals surface area contributed by atoms with E-state index in [1.165, 1.54) is 35.6 Å². The highest BCUT2D eigenvalue weighted by Crippen LogP contribution is 2.33. The van der Waals surface area contributed by atoms with Gasteiger partial charge in [-0.2, -0.15) is 4.98 Å². The van der Waals surface area contributed by atoms with E-state index in [0.717, 1.165) is 36.7 Å². The van der Waals surface area contributed by atoms with Gasteiger partial charge in [0.25, 0.3) is 5.89 Å². The van der Waals surface area contributed by atoms with Gasteiger partial charge in [0.05, 0.1) is 0 Å². The van der Waals surface area contributed by atoms with Crippen molar-refractivity contribution in [1.29, 1.82) is 0 Å². The van der Waals surface area contributed by atoms with Crippen LogP contribution in [0.4, 0.5) is 4.39 Å². The van der Waals surface area contributed by atoms with Gasteiger partial charge in [-0.1, -0.05) is 60.1 Å². The van der Waals surface area contributed by atoms with Gasteiger partial charge >= 0.3 is 0 Å². The van der Waals surface area contributed by atoms with Crippen LogP contribution in [0.15, 0.2) is 77.6 Å². The van der Waals surface area contributed by atoms with Crippen LogP contribution in [-0.2, 0) is 6.54 Å². The van der Waals surface area contributed by atoms with Crippen LogP contribution in [0.5, 0.6) is 0 Å². The summed E-state index contributed by atoms with van der Waals surface area (Å²) in [6, 6.07) is 18.3. The predicted octanol–water partition coefficient (Wildman–Crippen LogP) is 5.81. The maximum absolute atomic E-state index is 14.7. The van der Waals surface area contributed by atoms with E-state index in [9.17, 15) is 4.39 Å². The van der Waals surface area contributed by atoms with Crippen LogP contribution in [-0.4, -0.2) is 48.1 Å². The lowest BCUT2D eigenvalue weighted by molar-refractivity contribution is 0.175. The molecule has 5 aromatic rings. The standard InChI is InChI=1S/C29H28FN7O/c1-2-20-13-17-36(18-14-20)19-21-7-9-23(10-8-21)28-32-29(38-34-28)26-27(22-11-15-31-16-12-22)37(35-33-26)25-6-4-3-5-24(25)30/h3-12,15-16,20H,2,13-14,17-19H2,1H3. The van der Waals surface area contributed by atoms with Gasteiger partial charge in [-0.25, -0.2) is 9.07 Å². The third-order valence-electron chi connectivity index (χ3n) is 7.24. The first-order valence-corrected chi connectivity index (χ1v) is 13.0. The average Bonchev–Trinajstić information content (AvgIpc) is 3.63. The minimum Gasteiger partial charge on any atom is -0.332 e. The highest BCUT2D eigenvalue weighted by Gasteiger charge is 2.24. The number of halogens is 1. The van der Waals surface area contributed by atoms with E-state index in [0.29, 0.717) is 17.2 Å². The number of para-hydroxylation sites is 1. The molecule has 4 heterocycles. The van der Waals surface area contributed by atoms with Crippen molar-refractivity contribution in [3.8, 4) is 39.9 Å². The van der Waals surface area contributed by atoms with Crippen molar-refractivity contribution in [2.45, 2.75) is 32.7 Å². The molecule has 0 unspecified atom stereocenters. The van der Waals surface area contributed by atoms with Crippen molar-refractivity contribution in [3.05, 3.63) is 84.4 Å². The van der Waals surface area contributed by atoms with Gasteiger partial charge < -0.3 is 4.52 Å². The number of nitrogens with zero attached hydrogens (tertiary/aromatic N) is 7. The maximum Gasteiger partial charge on any atom is 0.281 e. The Hall–Kier alpha value is -4.24. The van der Waals surface area contributed by atoms with E-state index in [1.807, 2.05) is 12.1 Å². The summed E-state index contributed by atoms with van der Waals surface area (Å²) < 4.78 is 21.7. The largest absolute Gasteiger partial charge is 0.332 e. The molecule has 0 atom stereocenters. The molecule has 0 bridgehead atoms. The summed E-state index contributed by atoms with van der Waals surface area (Å²) in [5.74, 6) is 1.11. The molecule has 1 aliphatic rings. The van der Waals surface area contributed by atoms with Crippen LogP contribution >= 0.6 is 0 Å². The molecular formula is C29H28FN7O. The molecule has 1 aliphatic heterocycles. The molecule has 0 spiro atoms. The Morgan fingerprint density at radius 2 is 1.71 bits per heavy atom. The van der Waals surface area contributed by atoms with E-state index in [4.69, 9.17) is 4.52 Å². The zero-order valence-electron chi connectivity index (χ0n) is 21.2. The second-order valence-electron chi connectivity index (χ2n) is 9.63. The van der Waals surface area contributed by atoms with Gasteiger partial charge in [0, 0.05) is 30.1 Å². The number of aromatic nitrogens is 6. The van der Waals surface area contributed by atoms with Gasteiger partial charge in [-0.3, -0.25) is 9.88 Å². The Bertz CT molecular complexity index is 1510. The fourth-order valence-corrected chi connectivity index (χ4v) is 4.99. The monoisotopic (exact) mass is 509 g/mol. The second kappa shape index (κ2) is 10.6. The third kappa shape index (κ3) is 4.84. The van der Waals surface area contributed by atoms with Crippen LogP contribution in [0.2, 0.25) is 0 Å². The zero-order valence-corrected chi connectivity index (χ0v) is 21.2. The van der Waals surface area contributed by atoms with Crippen LogP contribution in [0.25, 0.3) is 39.9 Å². The van der Waals surface area contributed by atoms with Crippen molar-refractivity contribution in [2.24, 2.45) is 5.92 Å². The van der Waals surface area contributed by atoms with Crippen LogP contribution < -0.4 is 0 Å². The van der Waals surface area contributed by atoms with Crippen molar-refractivity contribution >= 4 is 0 Å². The molecule has 6 rings (SSSR count). The lowest BCUT2D eigenvalue weighted by Crippen LogP contribution is -2.32. The molecule has 8 nitrogen and oxygen atoms in total. The van der Waals surface area contributed by atoms with Gasteiger partial charge in [0.2, 0.25) is 5.82 Å². The topological polar surface area (TPSA) is 85.8 Å². The van der Waals surface area contributed by atoms with Crippen molar-refractivity contribution < 1.29 is 8.91 Å². The highest BCUT2D eigenvalue weighted by molar-refractivity contribution is 5.76. The van der Waals surface area contributed by atoms with E-state index < -0.39 is 5.82 Å². The Morgan fingerprint density at radius 3 is 2.45 bits per heavy atom. The lowest BCUT2D eigenvalue weighted by atomic mass is 9.94. The fraction of sp³-hybridized carbons (Fsp3) is 0.276. The SMILES string of the molecule is CCC1CCN(Cc2ccc(-c3noc(-c4nnn(-c5ccccc5F)c4-c4ccncc4)n3)cc2)CC1. The summed E-state index contributed by atoms with van der Waals surface area (Å²) in [5, 5.41) is 12.7. The summed E-state index contributed by atoms with van der Waals surface area (Å²) in [5.41, 5.74) is 4.03. The molecule has 1 fully saturated rings. The summed E-state index contributed by atoms with van der Waals surface area (Å²) in [6.45, 7) is 5.54. The summed E-state index contributed by atoms with van der Waals surface area (Å²) in [4.78, 5) is 11.2. The molecule has 0 amide bonds. The molecular weight excluding hydrogens is 481 g/mol. The van der Waals surface area contributed by atoms with Crippen molar-refractivity contribution in [2.75, 3.05) is 13.1 Å². The number of rotatable bonds is 7. The molecule has 9 heteroatoms. The molecule has 2 aromatic carbocycles. The zero-order chi connectivity index (χ0) is 25.9. The highest BCUT2D eigenvalue weighted by atomic mass is 19.1. The Kier molecular flexibility index (Phi) is 6.75. The first-order valence-electron chi connectivity index (χ1n) is 13.0. The third-order valence-corrected chi connectivity index (χ3v) is 7.24. The average molecular weight is 510 g/mol. The van der Waals surface area contributed by atoms with Crippen molar-refractivity contribution in [3.63, 3.8) is 0 Å². The minimum absolute atomic E-state index is 0.206. The summed E-state index contributed by atoms with van der Waals surface area (Å²) in [6.07, 6.45) is 7.15. The minimum atomic E-state index is -0.416. The quantitative estimate of drug-likeness (QED) is 0.274. The van der Waals surface area contributed by atoms with Gasteiger partial charge in [0.1, 0.15) is 17.2 Å². The number of pyridine rings is 1. The van der Waals surface area contributed by atoms with Gasteiger partial charge in [0.15, 0.2) is 5.69 Å². The van der Waals surface area contributed by atoms with E-state index in [2.05, 4.69) is 49.4 Å². The van der Waals surface area contributed by atoms with E-state index in [-0.39, 0.29) is 11.6 Å². The van der Waals surface area contributed by atoms with Crippen molar-refractivity contribution in [1.82, 2.24) is 35.0 Å². The normalized spacial score (nSPS) is 14.7. The molecule has 1 saturated heterocycles. The number of piperidine rings is 1. The fourth-order valence-electron chi connectivity index (χ4n) is 4.99. The Balaban J connectivity index is 1.27. The van der Waals surface area contributed by atoms with Gasteiger partial charge in [-0.15, -0.1) is 5.10 Å². The molecule has 192 valence electrons. The van der Waals surface area contributed by atoms with Crippen LogP contribution in [0, 0.1) is 11.7 Å². The summed E-state index contributed by atoms with van der Waals surface area (Å²) in [7, 11) is 0. The van der Waals surface area contributed by atoms with E-state index >= 15 is 0 Å². The second-order valence-corrected chi connectivity index (χ2v) is 9.63. The number of hydrogen-bond acceptors (Lipinski definition) is 7. The van der Waals surface area contributed by atoms with E-state index in [1.54, 1.807) is 42.7 Å². The Morgan fingerprint density at radius 1 is 0.947 bits per heavy atom. The first-order chi connectivity index (χ1) is 18.7. The lowest BCUT2D eigenvalue weighted by Gasteiger charge is -2.31. The van der Waals surface area contributed by atoms with Crippen LogP contribution in [0.3, 0.4) is 0 Å². The molecule has 38 heavy (non-hydrogen) atoms. The van der Waals surface area contributed by atoms with Crippen LogP contribution in [0.1, 0.15) is 31.7 Å². The number of benzene rings is 2. The summed E-state index contributed by atoms with van der Waals surface area (Å²) >= 11 is 0. The number of hydrogen-bond donors (Lipinski definition) is 0.